The van der Waals surface area contributed by atoms with Crippen LogP contribution in [-0.2, 0) is 6.42 Å². The molecule has 0 bridgehead atoms. The van der Waals surface area contributed by atoms with Crippen LogP contribution in [0.5, 0.6) is 0 Å². The second kappa shape index (κ2) is 10.6. The van der Waals surface area contributed by atoms with Crippen LogP contribution in [-0.4, -0.2) is 48.4 Å². The number of nitrogens with one attached hydrogen (secondary N) is 1. The van der Waals surface area contributed by atoms with Gasteiger partial charge in [0.15, 0.2) is 0 Å². The van der Waals surface area contributed by atoms with Crippen LogP contribution in [0.4, 0.5) is 4.39 Å². The lowest BCUT2D eigenvalue weighted by atomic mass is 9.92. The van der Waals surface area contributed by atoms with Crippen molar-refractivity contribution >= 4 is 32.7 Å². The Kier molecular flexibility index (Phi) is 6.89. The fourth-order valence-corrected chi connectivity index (χ4v) is 5.50. The number of carbonyl (C=O) groups excluding carboxylic acids is 1. The van der Waals surface area contributed by atoms with Gasteiger partial charge in [-0.2, -0.15) is 0 Å². The third-order valence-corrected chi connectivity index (χ3v) is 7.75. The number of fused-ring (bicyclic) bond motifs is 1. The van der Waals surface area contributed by atoms with Gasteiger partial charge in [-0.1, -0.05) is 39.3 Å². The summed E-state index contributed by atoms with van der Waals surface area (Å²) in [6.45, 7) is 1.14. The van der Waals surface area contributed by atoms with Crippen LogP contribution in [0.2, 0.25) is 0 Å². The predicted molar refractivity (Wildman–Crippen MR) is 152 cm³/mol. The molecule has 1 amide bonds. The second-order valence-electron chi connectivity index (χ2n) is 9.86. The van der Waals surface area contributed by atoms with Crippen LogP contribution in [0.1, 0.15) is 28.9 Å². The molecule has 11 heteroatoms. The van der Waals surface area contributed by atoms with Crippen molar-refractivity contribution in [2.75, 3.05) is 13.1 Å². The lowest BCUT2D eigenvalue weighted by Crippen LogP contribution is -2.39. The Morgan fingerprint density at radius 2 is 1.80 bits per heavy atom. The summed E-state index contributed by atoms with van der Waals surface area (Å²) in [5, 5.41) is 8.64. The average molecular weight is 603 g/mol. The Morgan fingerprint density at radius 1 is 1.02 bits per heavy atom. The number of aromatic amines is 1. The van der Waals surface area contributed by atoms with Gasteiger partial charge in [0.25, 0.3) is 11.5 Å². The monoisotopic (exact) mass is 602 g/mol. The lowest BCUT2D eigenvalue weighted by Gasteiger charge is -2.31. The standard InChI is InChI=1S/C29H24BrFN6O3/c30-20-7-9-24(31)26(16-20)36-17-21(33-34-36)14-18-10-12-35(13-11-18)27(38)19-6-8-23-25(15-19)32-29(40)37(28(23)39)22-4-2-1-3-5-22/h1-9,15-18H,10-14H2,(H,32,40). The number of hydrogen-bond donors (Lipinski definition) is 1. The van der Waals surface area contributed by atoms with Crippen molar-refractivity contribution in [1.82, 2.24) is 29.4 Å². The Labute approximate surface area is 236 Å². The van der Waals surface area contributed by atoms with E-state index in [4.69, 9.17) is 0 Å². The van der Waals surface area contributed by atoms with E-state index in [1.807, 2.05) is 6.07 Å². The van der Waals surface area contributed by atoms with Gasteiger partial charge >= 0.3 is 5.69 Å². The molecule has 1 aliphatic heterocycles. The van der Waals surface area contributed by atoms with Gasteiger partial charge in [0.1, 0.15) is 11.5 Å². The van der Waals surface area contributed by atoms with E-state index in [1.54, 1.807) is 65.7 Å². The smallest absolute Gasteiger partial charge is 0.333 e. The number of para-hydroxylation sites is 1. The molecule has 3 aromatic carbocycles. The van der Waals surface area contributed by atoms with Crippen molar-refractivity contribution in [2.24, 2.45) is 5.92 Å². The summed E-state index contributed by atoms with van der Waals surface area (Å²) in [4.78, 5) is 43.6. The minimum absolute atomic E-state index is 0.149. The van der Waals surface area contributed by atoms with Gasteiger partial charge in [0.05, 0.1) is 28.5 Å². The van der Waals surface area contributed by atoms with Crippen molar-refractivity contribution < 1.29 is 9.18 Å². The summed E-state index contributed by atoms with van der Waals surface area (Å²) in [7, 11) is 0. The van der Waals surface area contributed by atoms with E-state index in [0.717, 1.165) is 27.6 Å². The number of halogens is 2. The summed E-state index contributed by atoms with van der Waals surface area (Å²) in [6, 6.07) is 18.1. The van der Waals surface area contributed by atoms with Crippen LogP contribution in [0.3, 0.4) is 0 Å². The molecule has 0 atom stereocenters. The van der Waals surface area contributed by atoms with Gasteiger partial charge in [-0.15, -0.1) is 5.10 Å². The third-order valence-electron chi connectivity index (χ3n) is 7.25. The van der Waals surface area contributed by atoms with Gasteiger partial charge in [-0.25, -0.2) is 18.4 Å². The number of likely N-dealkylation sites (tertiary alicyclic amines) is 1. The number of nitrogens with zero attached hydrogens (tertiary/aromatic N) is 5. The molecule has 5 aromatic rings. The molecule has 40 heavy (non-hydrogen) atoms. The van der Waals surface area contributed by atoms with Gasteiger partial charge in [0, 0.05) is 23.1 Å². The molecule has 9 nitrogen and oxygen atoms in total. The van der Waals surface area contributed by atoms with Gasteiger partial charge in [0.2, 0.25) is 0 Å². The number of hydrogen-bond acceptors (Lipinski definition) is 5. The molecule has 1 aliphatic rings. The number of rotatable bonds is 5. The molecule has 0 aliphatic carbocycles. The number of amides is 1. The highest BCUT2D eigenvalue weighted by atomic mass is 79.9. The predicted octanol–water partition coefficient (Wildman–Crippen LogP) is 4.26. The SMILES string of the molecule is O=C(c1ccc2c(=O)n(-c3ccccc3)c(=O)[nH]c2c1)N1CCC(Cc2cn(-c3cc(Br)ccc3F)nn2)CC1. The van der Waals surface area contributed by atoms with E-state index in [2.05, 4.69) is 31.2 Å². The maximum absolute atomic E-state index is 14.2. The highest BCUT2D eigenvalue weighted by Gasteiger charge is 2.25. The van der Waals surface area contributed by atoms with Crippen molar-refractivity contribution in [3.63, 3.8) is 0 Å². The lowest BCUT2D eigenvalue weighted by molar-refractivity contribution is 0.0690. The Morgan fingerprint density at radius 3 is 2.58 bits per heavy atom. The van der Waals surface area contributed by atoms with Gasteiger partial charge < -0.3 is 9.88 Å². The Bertz CT molecular complexity index is 1840. The quantitative estimate of drug-likeness (QED) is 0.324. The normalized spacial score (nSPS) is 14.1. The first-order valence-electron chi connectivity index (χ1n) is 12.9. The molecule has 0 radical (unpaired) electrons. The van der Waals surface area contributed by atoms with Gasteiger partial charge in [-0.3, -0.25) is 9.59 Å². The molecule has 6 rings (SSSR count). The van der Waals surface area contributed by atoms with Gasteiger partial charge in [-0.05, 0) is 73.7 Å². The summed E-state index contributed by atoms with van der Waals surface area (Å²) < 4.78 is 17.5. The number of piperidine rings is 1. The van der Waals surface area contributed by atoms with Crippen LogP contribution in [0.15, 0.2) is 87.0 Å². The van der Waals surface area contributed by atoms with E-state index < -0.39 is 11.2 Å². The molecule has 1 fully saturated rings. The zero-order chi connectivity index (χ0) is 27.8. The van der Waals surface area contributed by atoms with E-state index in [-0.39, 0.29) is 11.7 Å². The van der Waals surface area contributed by atoms with Crippen molar-refractivity contribution in [2.45, 2.75) is 19.3 Å². The molecule has 202 valence electrons. The average Bonchev–Trinajstić information content (AvgIpc) is 3.43. The number of aromatic nitrogens is 5. The van der Waals surface area contributed by atoms with Crippen LogP contribution in [0.25, 0.3) is 22.3 Å². The van der Waals surface area contributed by atoms with E-state index in [9.17, 15) is 18.8 Å². The van der Waals surface area contributed by atoms with E-state index in [1.165, 1.54) is 10.7 Å². The Hall–Kier alpha value is -4.38. The first-order chi connectivity index (χ1) is 19.4. The maximum Gasteiger partial charge on any atom is 0.333 e. The maximum atomic E-state index is 14.2. The van der Waals surface area contributed by atoms with Crippen molar-refractivity contribution in [3.8, 4) is 11.4 Å². The van der Waals surface area contributed by atoms with Crippen LogP contribution >= 0.6 is 15.9 Å². The van der Waals surface area contributed by atoms with Crippen molar-refractivity contribution in [3.05, 3.63) is 115 Å². The fraction of sp³-hybridized carbons (Fsp3) is 0.207. The summed E-state index contributed by atoms with van der Waals surface area (Å²) >= 11 is 3.35. The number of benzene rings is 3. The Balaban J connectivity index is 1.13. The molecular formula is C29H24BrFN6O3. The molecule has 3 heterocycles. The highest BCUT2D eigenvalue weighted by Crippen LogP contribution is 2.24. The van der Waals surface area contributed by atoms with Crippen molar-refractivity contribution in [1.29, 1.82) is 0 Å². The highest BCUT2D eigenvalue weighted by molar-refractivity contribution is 9.10. The minimum atomic E-state index is -0.561. The fourth-order valence-electron chi connectivity index (χ4n) is 5.15. The summed E-state index contributed by atoms with van der Waals surface area (Å²) in [6.07, 6.45) is 4.00. The molecule has 0 unspecified atom stereocenters. The summed E-state index contributed by atoms with van der Waals surface area (Å²) in [5.41, 5.74) is 1.30. The van der Waals surface area contributed by atoms with Crippen LogP contribution < -0.4 is 11.2 Å². The van der Waals surface area contributed by atoms with E-state index in [0.29, 0.717) is 53.3 Å². The number of H-pyrrole nitrogens is 1. The molecular weight excluding hydrogens is 579 g/mol. The molecule has 1 saturated heterocycles. The third kappa shape index (κ3) is 5.00. The largest absolute Gasteiger partial charge is 0.339 e. The first-order valence-corrected chi connectivity index (χ1v) is 13.7. The molecule has 2 aromatic heterocycles. The molecule has 0 saturated carbocycles. The molecule has 1 N–H and O–H groups in total. The molecule has 0 spiro atoms. The minimum Gasteiger partial charge on any atom is -0.339 e. The first kappa shape index (κ1) is 25.9. The zero-order valence-electron chi connectivity index (χ0n) is 21.3. The summed E-state index contributed by atoms with van der Waals surface area (Å²) in [5.74, 6) is -0.221. The second-order valence-corrected chi connectivity index (χ2v) is 10.8. The zero-order valence-corrected chi connectivity index (χ0v) is 22.8. The van der Waals surface area contributed by atoms with Crippen LogP contribution in [0, 0.1) is 11.7 Å². The topological polar surface area (TPSA) is 106 Å². The number of carbonyl (C=O) groups is 1. The van der Waals surface area contributed by atoms with E-state index >= 15 is 0 Å².